The summed E-state index contributed by atoms with van der Waals surface area (Å²) in [5.74, 6) is 0. The summed E-state index contributed by atoms with van der Waals surface area (Å²) in [4.78, 5) is 15.8. The van der Waals surface area contributed by atoms with E-state index in [2.05, 4.69) is 10.1 Å². The van der Waals surface area contributed by atoms with Crippen LogP contribution in [0.4, 0.5) is 11.4 Å². The van der Waals surface area contributed by atoms with Gasteiger partial charge in [0.25, 0.3) is 5.69 Å². The van der Waals surface area contributed by atoms with Crippen LogP contribution >= 0.6 is 0 Å². The number of piperidine rings is 1. The second-order valence-corrected chi connectivity index (χ2v) is 7.10. The third-order valence-corrected chi connectivity index (χ3v) is 4.95. The van der Waals surface area contributed by atoms with Gasteiger partial charge in [-0.25, -0.2) is 23.2 Å². The summed E-state index contributed by atoms with van der Waals surface area (Å²) in [7, 11) is -4.09. The number of hydrogen-bond acceptors (Lipinski definition) is 7. The van der Waals surface area contributed by atoms with Crippen LogP contribution in [0.25, 0.3) is 0 Å². The molecular formula is C13H16N6O4S. The van der Waals surface area contributed by atoms with Crippen LogP contribution in [0, 0.1) is 10.1 Å². The molecule has 2 heterocycles. The standard InChI is InChI=1S/C13H16N6O4S/c14-24(22,23)13-6-10(19(20)21)3-4-12(13)17-5-1-2-11(7-17)18-9-15-8-16-18/h3-4,6,8-9,11H,1-2,5,7H2,(H2,14,22,23). The molecule has 1 aromatic carbocycles. The molecule has 1 fully saturated rings. The van der Waals surface area contributed by atoms with Gasteiger partial charge in [0.15, 0.2) is 0 Å². The molecule has 0 bridgehead atoms. The summed E-state index contributed by atoms with van der Waals surface area (Å²) >= 11 is 0. The molecule has 24 heavy (non-hydrogen) atoms. The van der Waals surface area contributed by atoms with Crippen molar-refractivity contribution in [3.63, 3.8) is 0 Å². The van der Waals surface area contributed by atoms with E-state index in [0.717, 1.165) is 18.9 Å². The molecule has 128 valence electrons. The number of nitrogens with two attached hydrogens (primary N) is 1. The van der Waals surface area contributed by atoms with Crippen LogP contribution in [-0.2, 0) is 10.0 Å². The molecule has 1 aromatic heterocycles. The minimum atomic E-state index is -4.09. The molecule has 2 aromatic rings. The van der Waals surface area contributed by atoms with Crippen LogP contribution in [0.2, 0.25) is 0 Å². The molecule has 1 saturated heterocycles. The number of non-ortho nitro benzene ring substituents is 1. The van der Waals surface area contributed by atoms with E-state index in [1.807, 2.05) is 4.90 Å². The molecule has 0 aliphatic carbocycles. The predicted molar refractivity (Wildman–Crippen MR) is 85.0 cm³/mol. The van der Waals surface area contributed by atoms with Crippen molar-refractivity contribution in [2.24, 2.45) is 5.14 Å². The van der Waals surface area contributed by atoms with Crippen molar-refractivity contribution in [2.75, 3.05) is 18.0 Å². The van der Waals surface area contributed by atoms with Gasteiger partial charge in [-0.15, -0.1) is 0 Å². The first kappa shape index (κ1) is 16.3. The lowest BCUT2D eigenvalue weighted by molar-refractivity contribution is -0.385. The minimum Gasteiger partial charge on any atom is -0.368 e. The molecule has 2 N–H and O–H groups in total. The normalized spacial score (nSPS) is 18.5. The molecule has 1 unspecified atom stereocenters. The Balaban J connectivity index is 1.97. The highest BCUT2D eigenvalue weighted by Crippen LogP contribution is 2.32. The average Bonchev–Trinajstić information content (AvgIpc) is 3.08. The second-order valence-electron chi connectivity index (χ2n) is 5.57. The Morgan fingerprint density at radius 2 is 2.17 bits per heavy atom. The minimum absolute atomic E-state index is 0.0461. The first-order valence-corrected chi connectivity index (χ1v) is 8.81. The Bertz CT molecular complexity index is 851. The number of aromatic nitrogens is 3. The highest BCUT2D eigenvalue weighted by Gasteiger charge is 2.27. The van der Waals surface area contributed by atoms with Crippen LogP contribution < -0.4 is 10.0 Å². The molecule has 11 heteroatoms. The monoisotopic (exact) mass is 352 g/mol. The van der Waals surface area contributed by atoms with Gasteiger partial charge in [0.1, 0.15) is 17.6 Å². The van der Waals surface area contributed by atoms with Crippen molar-refractivity contribution >= 4 is 21.4 Å². The van der Waals surface area contributed by atoms with Crippen LogP contribution in [0.1, 0.15) is 18.9 Å². The first-order chi connectivity index (χ1) is 11.4. The maximum Gasteiger partial charge on any atom is 0.270 e. The van der Waals surface area contributed by atoms with Gasteiger partial charge in [0.2, 0.25) is 10.0 Å². The van der Waals surface area contributed by atoms with E-state index in [-0.39, 0.29) is 16.6 Å². The van der Waals surface area contributed by atoms with Crippen LogP contribution in [0.5, 0.6) is 0 Å². The number of nitro benzene ring substituents is 1. The summed E-state index contributed by atoms with van der Waals surface area (Å²) in [6.45, 7) is 1.15. The highest BCUT2D eigenvalue weighted by molar-refractivity contribution is 7.89. The zero-order chi connectivity index (χ0) is 17.3. The van der Waals surface area contributed by atoms with Gasteiger partial charge in [-0.05, 0) is 18.9 Å². The third-order valence-electron chi connectivity index (χ3n) is 4.01. The lowest BCUT2D eigenvalue weighted by Gasteiger charge is -2.35. The Kier molecular flexibility index (Phi) is 4.20. The Hall–Kier alpha value is -2.53. The predicted octanol–water partition coefficient (Wildman–Crippen LogP) is 0.675. The van der Waals surface area contributed by atoms with Crippen molar-refractivity contribution in [1.29, 1.82) is 0 Å². The van der Waals surface area contributed by atoms with Crippen molar-refractivity contribution in [1.82, 2.24) is 14.8 Å². The molecule has 0 amide bonds. The molecule has 10 nitrogen and oxygen atoms in total. The van der Waals surface area contributed by atoms with Gasteiger partial charge in [0.05, 0.1) is 16.7 Å². The van der Waals surface area contributed by atoms with Gasteiger partial charge in [0, 0.05) is 25.2 Å². The Labute approximate surface area is 138 Å². The zero-order valence-electron chi connectivity index (χ0n) is 12.6. The van der Waals surface area contributed by atoms with Gasteiger partial charge in [-0.1, -0.05) is 0 Å². The quantitative estimate of drug-likeness (QED) is 0.630. The van der Waals surface area contributed by atoms with Gasteiger partial charge in [-0.2, -0.15) is 5.10 Å². The number of nitro groups is 1. The maximum atomic E-state index is 11.9. The first-order valence-electron chi connectivity index (χ1n) is 7.26. The van der Waals surface area contributed by atoms with E-state index in [0.29, 0.717) is 18.8 Å². The Morgan fingerprint density at radius 3 is 2.79 bits per heavy atom. The van der Waals surface area contributed by atoms with Gasteiger partial charge < -0.3 is 4.90 Å². The Morgan fingerprint density at radius 1 is 1.38 bits per heavy atom. The van der Waals surface area contributed by atoms with E-state index < -0.39 is 14.9 Å². The number of primary sulfonamides is 1. The number of nitrogens with zero attached hydrogens (tertiary/aromatic N) is 5. The van der Waals surface area contributed by atoms with E-state index >= 15 is 0 Å². The van der Waals surface area contributed by atoms with Crippen LogP contribution in [0.15, 0.2) is 35.7 Å². The average molecular weight is 352 g/mol. The fourth-order valence-electron chi connectivity index (χ4n) is 2.90. The molecule has 1 aliphatic rings. The molecule has 0 spiro atoms. The van der Waals surface area contributed by atoms with Crippen LogP contribution in [0.3, 0.4) is 0 Å². The van der Waals surface area contributed by atoms with Gasteiger partial charge in [-0.3, -0.25) is 10.1 Å². The summed E-state index contributed by atoms with van der Waals surface area (Å²) in [5.41, 5.74) is 0.0560. The molecule has 3 rings (SSSR count). The number of anilines is 1. The second kappa shape index (κ2) is 6.17. The van der Waals surface area contributed by atoms with Crippen LogP contribution in [-0.4, -0.2) is 41.2 Å². The maximum absolute atomic E-state index is 11.9. The lowest BCUT2D eigenvalue weighted by atomic mass is 10.1. The molecule has 0 radical (unpaired) electrons. The summed E-state index contributed by atoms with van der Waals surface area (Å²) in [5, 5.41) is 20.3. The molecular weight excluding hydrogens is 336 g/mol. The van der Waals surface area contributed by atoms with E-state index in [1.165, 1.54) is 18.5 Å². The lowest BCUT2D eigenvalue weighted by Crippen LogP contribution is -2.37. The van der Waals surface area contributed by atoms with Gasteiger partial charge >= 0.3 is 0 Å². The highest BCUT2D eigenvalue weighted by atomic mass is 32.2. The number of hydrogen-bond donors (Lipinski definition) is 1. The third kappa shape index (κ3) is 3.21. The van der Waals surface area contributed by atoms with E-state index in [9.17, 15) is 18.5 Å². The number of benzene rings is 1. The van der Waals surface area contributed by atoms with Crippen molar-refractivity contribution in [3.8, 4) is 0 Å². The smallest absolute Gasteiger partial charge is 0.270 e. The molecule has 1 aliphatic heterocycles. The van der Waals surface area contributed by atoms with Crippen molar-refractivity contribution in [3.05, 3.63) is 41.0 Å². The zero-order valence-corrected chi connectivity index (χ0v) is 13.5. The number of rotatable bonds is 4. The largest absolute Gasteiger partial charge is 0.368 e. The van der Waals surface area contributed by atoms with E-state index in [1.54, 1.807) is 11.0 Å². The number of sulfonamides is 1. The van der Waals surface area contributed by atoms with Crippen molar-refractivity contribution in [2.45, 2.75) is 23.8 Å². The molecule has 1 atom stereocenters. The summed E-state index contributed by atoms with van der Waals surface area (Å²) in [6, 6.07) is 3.76. The van der Waals surface area contributed by atoms with Crippen molar-refractivity contribution < 1.29 is 13.3 Å². The van der Waals surface area contributed by atoms with E-state index in [4.69, 9.17) is 5.14 Å². The summed E-state index contributed by atoms with van der Waals surface area (Å²) < 4.78 is 25.5. The fourth-order valence-corrected chi connectivity index (χ4v) is 3.67. The SMILES string of the molecule is NS(=O)(=O)c1cc([N+](=O)[O-])ccc1N1CCCC(n2cncn2)C1. The topological polar surface area (TPSA) is 137 Å². The summed E-state index contributed by atoms with van der Waals surface area (Å²) in [6.07, 6.45) is 4.77. The molecule has 0 saturated carbocycles. The fraction of sp³-hybridized carbons (Fsp3) is 0.385.